The summed E-state index contributed by atoms with van der Waals surface area (Å²) in [5.74, 6) is -0.0953. The highest BCUT2D eigenvalue weighted by Crippen LogP contribution is 2.29. The van der Waals surface area contributed by atoms with E-state index in [2.05, 4.69) is 27.9 Å². The molecule has 0 fully saturated rings. The van der Waals surface area contributed by atoms with Gasteiger partial charge >= 0.3 is 0 Å². The van der Waals surface area contributed by atoms with Crippen molar-refractivity contribution in [3.63, 3.8) is 0 Å². The van der Waals surface area contributed by atoms with E-state index in [0.29, 0.717) is 10.6 Å². The Labute approximate surface area is 165 Å². The highest BCUT2D eigenvalue weighted by Gasteiger charge is 2.18. The molecule has 27 heavy (non-hydrogen) atoms. The molecule has 5 heteroatoms. The van der Waals surface area contributed by atoms with Crippen molar-refractivity contribution in [2.75, 3.05) is 0 Å². The molecule has 3 rings (SSSR count). The maximum Gasteiger partial charge on any atom is 0.251 e. The molecule has 0 radical (unpaired) electrons. The van der Waals surface area contributed by atoms with E-state index in [0.717, 1.165) is 28.9 Å². The van der Waals surface area contributed by atoms with Gasteiger partial charge in [-0.3, -0.25) is 4.79 Å². The summed E-state index contributed by atoms with van der Waals surface area (Å²) < 4.78 is 2.06. The van der Waals surface area contributed by atoms with Gasteiger partial charge in [0, 0.05) is 28.2 Å². The van der Waals surface area contributed by atoms with Crippen molar-refractivity contribution < 1.29 is 4.79 Å². The molecule has 0 bridgehead atoms. The Hall–Kier alpha value is -2.59. The Morgan fingerprint density at radius 3 is 2.37 bits per heavy atom. The molecule has 1 N–H and O–H groups in total. The van der Waals surface area contributed by atoms with E-state index in [1.165, 1.54) is 0 Å². The number of hydrogen-bond acceptors (Lipinski definition) is 2. The molecule has 140 valence electrons. The minimum absolute atomic E-state index is 0.0953. The predicted octanol–water partition coefficient (Wildman–Crippen LogP) is 5.42. The summed E-state index contributed by atoms with van der Waals surface area (Å²) in [7, 11) is 0. The number of benzene rings is 2. The average molecular weight is 382 g/mol. The summed E-state index contributed by atoms with van der Waals surface area (Å²) in [6, 6.07) is 13.6. The first-order valence-electron chi connectivity index (χ1n) is 9.01. The van der Waals surface area contributed by atoms with E-state index in [1.54, 1.807) is 6.33 Å². The lowest BCUT2D eigenvalue weighted by molar-refractivity contribution is 0.0919. The lowest BCUT2D eigenvalue weighted by Gasteiger charge is -2.21. The minimum atomic E-state index is -0.307. The zero-order chi connectivity index (χ0) is 19.6. The van der Waals surface area contributed by atoms with Gasteiger partial charge in [0.25, 0.3) is 5.91 Å². The van der Waals surface area contributed by atoms with Crippen LogP contribution in [0.4, 0.5) is 0 Å². The molecule has 0 spiro atoms. The summed E-state index contributed by atoms with van der Waals surface area (Å²) >= 11 is 6.03. The van der Waals surface area contributed by atoms with Crippen LogP contribution >= 0.6 is 11.6 Å². The van der Waals surface area contributed by atoms with E-state index in [9.17, 15) is 4.79 Å². The van der Waals surface area contributed by atoms with Crippen molar-refractivity contribution in [3.8, 4) is 22.4 Å². The molecule has 0 saturated carbocycles. The summed E-state index contributed by atoms with van der Waals surface area (Å²) in [4.78, 5) is 17.1. The molecule has 0 atom stereocenters. The van der Waals surface area contributed by atoms with Crippen molar-refractivity contribution in [1.29, 1.82) is 0 Å². The molecule has 2 aromatic carbocycles. The molecule has 0 aliphatic rings. The molecular formula is C22H24ClN3O. The van der Waals surface area contributed by atoms with Crippen LogP contribution in [-0.2, 0) is 6.54 Å². The van der Waals surface area contributed by atoms with Crippen LogP contribution in [0, 0.1) is 0 Å². The molecule has 0 aliphatic heterocycles. The number of imidazole rings is 1. The second kappa shape index (κ2) is 7.57. The van der Waals surface area contributed by atoms with E-state index in [1.807, 2.05) is 63.4 Å². The lowest BCUT2D eigenvalue weighted by Crippen LogP contribution is -2.40. The largest absolute Gasteiger partial charge is 0.347 e. The normalized spacial score (nSPS) is 11.4. The van der Waals surface area contributed by atoms with E-state index in [-0.39, 0.29) is 11.4 Å². The van der Waals surface area contributed by atoms with Crippen molar-refractivity contribution >= 4 is 17.5 Å². The molecule has 1 heterocycles. The van der Waals surface area contributed by atoms with Crippen molar-refractivity contribution in [2.24, 2.45) is 0 Å². The zero-order valence-electron chi connectivity index (χ0n) is 16.1. The maximum absolute atomic E-state index is 12.8. The van der Waals surface area contributed by atoms with Crippen LogP contribution in [0.1, 0.15) is 38.1 Å². The zero-order valence-corrected chi connectivity index (χ0v) is 16.8. The van der Waals surface area contributed by atoms with Crippen LogP contribution < -0.4 is 5.32 Å². The molecule has 1 aromatic heterocycles. The SMILES string of the molecule is CCn1cncc1-c1cc(C(=O)NC(C)(C)C)cc(-c2ccc(Cl)cc2)c1. The Balaban J connectivity index is 2.13. The van der Waals surface area contributed by atoms with Gasteiger partial charge in [-0.25, -0.2) is 4.98 Å². The van der Waals surface area contributed by atoms with Gasteiger partial charge < -0.3 is 9.88 Å². The quantitative estimate of drug-likeness (QED) is 0.656. The van der Waals surface area contributed by atoms with Crippen molar-refractivity contribution in [3.05, 3.63) is 65.6 Å². The van der Waals surface area contributed by atoms with Crippen LogP contribution in [0.15, 0.2) is 55.0 Å². The van der Waals surface area contributed by atoms with E-state index >= 15 is 0 Å². The molecule has 3 aromatic rings. The minimum Gasteiger partial charge on any atom is -0.347 e. The molecular weight excluding hydrogens is 358 g/mol. The molecule has 0 saturated heterocycles. The Kier molecular flexibility index (Phi) is 5.38. The molecule has 1 amide bonds. The molecule has 4 nitrogen and oxygen atoms in total. The third kappa shape index (κ3) is 4.58. The second-order valence-corrected chi connectivity index (χ2v) is 8.01. The highest BCUT2D eigenvalue weighted by atomic mass is 35.5. The van der Waals surface area contributed by atoms with E-state index in [4.69, 9.17) is 11.6 Å². The number of carbonyl (C=O) groups excluding carboxylic acids is 1. The van der Waals surface area contributed by atoms with E-state index < -0.39 is 0 Å². The third-order valence-corrected chi connectivity index (χ3v) is 4.46. The van der Waals surface area contributed by atoms with Crippen LogP contribution in [0.3, 0.4) is 0 Å². The van der Waals surface area contributed by atoms with Gasteiger partial charge in [0.1, 0.15) is 0 Å². The fraction of sp³-hybridized carbons (Fsp3) is 0.273. The number of amides is 1. The first-order valence-corrected chi connectivity index (χ1v) is 9.38. The Bertz CT molecular complexity index is 952. The van der Waals surface area contributed by atoms with Gasteiger partial charge in [0.2, 0.25) is 0 Å². The highest BCUT2D eigenvalue weighted by molar-refractivity contribution is 6.30. The summed E-state index contributed by atoms with van der Waals surface area (Å²) in [6.07, 6.45) is 3.63. The summed E-state index contributed by atoms with van der Waals surface area (Å²) in [5, 5.41) is 3.73. The number of aryl methyl sites for hydroxylation is 1. The van der Waals surface area contributed by atoms with Crippen molar-refractivity contribution in [1.82, 2.24) is 14.9 Å². The number of aromatic nitrogens is 2. The average Bonchev–Trinajstić information content (AvgIpc) is 3.09. The van der Waals surface area contributed by atoms with Gasteiger partial charge in [-0.05, 0) is 69.2 Å². The standard InChI is InChI=1S/C22H24ClN3O/c1-5-26-14-24-13-20(26)17-10-16(15-6-8-19(23)9-7-15)11-18(12-17)21(27)25-22(2,3)4/h6-14H,5H2,1-4H3,(H,25,27). The van der Waals surface area contributed by atoms with Gasteiger partial charge in [-0.15, -0.1) is 0 Å². The maximum atomic E-state index is 12.8. The van der Waals surface area contributed by atoms with Gasteiger partial charge in [-0.1, -0.05) is 23.7 Å². The fourth-order valence-electron chi connectivity index (χ4n) is 2.94. The Morgan fingerprint density at radius 1 is 1.07 bits per heavy atom. The number of hydrogen-bond donors (Lipinski definition) is 1. The molecule has 0 unspecified atom stereocenters. The smallest absolute Gasteiger partial charge is 0.251 e. The number of rotatable bonds is 4. The van der Waals surface area contributed by atoms with Gasteiger partial charge in [0.15, 0.2) is 0 Å². The molecule has 0 aliphatic carbocycles. The first-order chi connectivity index (χ1) is 12.8. The monoisotopic (exact) mass is 381 g/mol. The first kappa shape index (κ1) is 19.2. The Morgan fingerprint density at radius 2 is 1.74 bits per heavy atom. The number of halogens is 1. The lowest BCUT2D eigenvalue weighted by atomic mass is 9.97. The van der Waals surface area contributed by atoms with Gasteiger partial charge in [0.05, 0.1) is 18.2 Å². The fourth-order valence-corrected chi connectivity index (χ4v) is 3.07. The number of nitrogens with one attached hydrogen (secondary N) is 1. The number of nitrogens with zero attached hydrogens (tertiary/aromatic N) is 2. The van der Waals surface area contributed by atoms with Crippen LogP contribution in [0.25, 0.3) is 22.4 Å². The topological polar surface area (TPSA) is 46.9 Å². The number of carbonyl (C=O) groups is 1. The summed E-state index contributed by atoms with van der Waals surface area (Å²) in [5.41, 5.74) is 4.23. The third-order valence-electron chi connectivity index (χ3n) is 4.21. The van der Waals surface area contributed by atoms with Crippen molar-refractivity contribution in [2.45, 2.75) is 39.8 Å². The van der Waals surface area contributed by atoms with Crippen LogP contribution in [0.5, 0.6) is 0 Å². The van der Waals surface area contributed by atoms with Gasteiger partial charge in [-0.2, -0.15) is 0 Å². The van der Waals surface area contributed by atoms with Crippen LogP contribution in [0.2, 0.25) is 5.02 Å². The van der Waals surface area contributed by atoms with Crippen LogP contribution in [-0.4, -0.2) is 21.0 Å². The predicted molar refractivity (Wildman–Crippen MR) is 111 cm³/mol. The summed E-state index contributed by atoms with van der Waals surface area (Å²) in [6.45, 7) is 8.80. The second-order valence-electron chi connectivity index (χ2n) is 7.57.